The molecule has 20 heavy (non-hydrogen) atoms. The van der Waals surface area contributed by atoms with Crippen molar-refractivity contribution in [1.82, 2.24) is 14.8 Å². The number of ketones is 1. The highest BCUT2D eigenvalue weighted by Gasteiger charge is 2.28. The van der Waals surface area contributed by atoms with Crippen molar-refractivity contribution in [3.8, 4) is 0 Å². The molecule has 1 N–H and O–H groups in total. The molecule has 0 saturated heterocycles. The van der Waals surface area contributed by atoms with Gasteiger partial charge in [-0.3, -0.25) is 9.36 Å². The summed E-state index contributed by atoms with van der Waals surface area (Å²) in [5.74, 6) is 0.344. The number of carbonyl (C=O) groups is 1. The van der Waals surface area contributed by atoms with Crippen molar-refractivity contribution in [3.05, 3.63) is 45.9 Å². The molecule has 1 aliphatic rings. The zero-order valence-electron chi connectivity index (χ0n) is 11.1. The van der Waals surface area contributed by atoms with Crippen LogP contribution in [0.15, 0.2) is 34.2 Å². The molecule has 1 aromatic heterocycles. The standard InChI is InChI=1S/C14H15N3O2S/c1-9-3-2-4-10(7-9)12(18)8-20-14-16-15-13(19)17(14)11-5-6-11/h2-4,7,11H,5-6,8H2,1H3,(H,15,19). The number of hydrogen-bond acceptors (Lipinski definition) is 4. The first kappa shape index (κ1) is 13.2. The van der Waals surface area contributed by atoms with E-state index in [2.05, 4.69) is 10.2 Å². The molecular formula is C14H15N3O2S. The molecule has 6 heteroatoms. The SMILES string of the molecule is Cc1cccc(C(=O)CSc2n[nH]c(=O)n2C2CC2)c1. The summed E-state index contributed by atoms with van der Waals surface area (Å²) >= 11 is 1.32. The molecule has 0 amide bonds. The number of rotatable bonds is 5. The number of nitrogens with zero attached hydrogens (tertiary/aromatic N) is 2. The fourth-order valence-corrected chi connectivity index (χ4v) is 2.99. The number of aryl methyl sites for hydroxylation is 1. The summed E-state index contributed by atoms with van der Waals surface area (Å²) in [5, 5.41) is 7.06. The van der Waals surface area contributed by atoms with Crippen LogP contribution in [0.5, 0.6) is 0 Å². The van der Waals surface area contributed by atoms with Gasteiger partial charge in [0.05, 0.1) is 5.75 Å². The predicted molar refractivity (Wildman–Crippen MR) is 77.4 cm³/mol. The summed E-state index contributed by atoms with van der Waals surface area (Å²) in [6, 6.07) is 7.79. The average Bonchev–Trinajstić information content (AvgIpc) is 3.20. The maximum Gasteiger partial charge on any atom is 0.344 e. The molecule has 0 bridgehead atoms. The number of H-pyrrole nitrogens is 1. The molecule has 104 valence electrons. The largest absolute Gasteiger partial charge is 0.344 e. The van der Waals surface area contributed by atoms with E-state index < -0.39 is 0 Å². The van der Waals surface area contributed by atoms with Crippen LogP contribution in [0, 0.1) is 6.92 Å². The lowest BCUT2D eigenvalue weighted by Crippen LogP contribution is -2.16. The van der Waals surface area contributed by atoms with Crippen LogP contribution < -0.4 is 5.69 Å². The van der Waals surface area contributed by atoms with Crippen molar-refractivity contribution in [1.29, 1.82) is 0 Å². The lowest BCUT2D eigenvalue weighted by molar-refractivity contribution is 0.102. The molecule has 1 saturated carbocycles. The molecule has 1 fully saturated rings. The highest BCUT2D eigenvalue weighted by Crippen LogP contribution is 2.36. The van der Waals surface area contributed by atoms with Crippen molar-refractivity contribution >= 4 is 17.5 Å². The molecule has 0 radical (unpaired) electrons. The Morgan fingerprint density at radius 2 is 2.30 bits per heavy atom. The van der Waals surface area contributed by atoms with Gasteiger partial charge in [-0.1, -0.05) is 35.5 Å². The third-order valence-electron chi connectivity index (χ3n) is 3.26. The van der Waals surface area contributed by atoms with Gasteiger partial charge in [-0.25, -0.2) is 9.89 Å². The van der Waals surface area contributed by atoms with Crippen LogP contribution in [0.4, 0.5) is 0 Å². The molecule has 3 rings (SSSR count). The van der Waals surface area contributed by atoms with Gasteiger partial charge in [0.15, 0.2) is 10.9 Å². The van der Waals surface area contributed by atoms with Gasteiger partial charge in [0, 0.05) is 11.6 Å². The first-order valence-corrected chi connectivity index (χ1v) is 7.53. The van der Waals surface area contributed by atoms with Crippen molar-refractivity contribution in [2.45, 2.75) is 31.0 Å². The number of benzene rings is 1. The van der Waals surface area contributed by atoms with Gasteiger partial charge in [-0.05, 0) is 25.8 Å². The zero-order chi connectivity index (χ0) is 14.1. The van der Waals surface area contributed by atoms with E-state index in [9.17, 15) is 9.59 Å². The van der Waals surface area contributed by atoms with E-state index in [0.29, 0.717) is 16.5 Å². The first-order chi connectivity index (χ1) is 9.65. The minimum Gasteiger partial charge on any atom is -0.293 e. The lowest BCUT2D eigenvalue weighted by atomic mass is 10.1. The minimum absolute atomic E-state index is 0.0523. The molecule has 0 unspecified atom stereocenters. The van der Waals surface area contributed by atoms with E-state index in [1.807, 2.05) is 31.2 Å². The van der Waals surface area contributed by atoms with Crippen LogP contribution in [0.3, 0.4) is 0 Å². The Hall–Kier alpha value is -1.82. The van der Waals surface area contributed by atoms with Crippen molar-refractivity contribution in [2.75, 3.05) is 5.75 Å². The second-order valence-corrected chi connectivity index (χ2v) is 5.94. The van der Waals surface area contributed by atoms with Gasteiger partial charge in [0.1, 0.15) is 0 Å². The maximum absolute atomic E-state index is 12.1. The molecule has 1 aliphatic carbocycles. The number of hydrogen-bond donors (Lipinski definition) is 1. The summed E-state index contributed by atoms with van der Waals surface area (Å²) in [7, 11) is 0. The van der Waals surface area contributed by atoms with Gasteiger partial charge >= 0.3 is 5.69 Å². The Kier molecular flexibility index (Phi) is 3.48. The quantitative estimate of drug-likeness (QED) is 0.677. The molecule has 0 atom stereocenters. The van der Waals surface area contributed by atoms with E-state index in [0.717, 1.165) is 18.4 Å². The smallest absolute Gasteiger partial charge is 0.293 e. The van der Waals surface area contributed by atoms with E-state index >= 15 is 0 Å². The number of Topliss-reactive ketones (excluding diaryl/α,β-unsaturated/α-hetero) is 1. The molecule has 0 spiro atoms. The Morgan fingerprint density at radius 3 is 3.00 bits per heavy atom. The molecule has 5 nitrogen and oxygen atoms in total. The van der Waals surface area contributed by atoms with Crippen LogP contribution in [0.1, 0.15) is 34.8 Å². The van der Waals surface area contributed by atoms with E-state index in [1.54, 1.807) is 4.57 Å². The van der Waals surface area contributed by atoms with Crippen LogP contribution >= 0.6 is 11.8 Å². The number of carbonyl (C=O) groups excluding carboxylic acids is 1. The summed E-state index contributed by atoms with van der Waals surface area (Å²) < 4.78 is 1.66. The highest BCUT2D eigenvalue weighted by atomic mass is 32.2. The van der Waals surface area contributed by atoms with Gasteiger partial charge in [0.2, 0.25) is 0 Å². The minimum atomic E-state index is -0.182. The van der Waals surface area contributed by atoms with E-state index in [1.165, 1.54) is 11.8 Å². The molecule has 2 aromatic rings. The Balaban J connectivity index is 1.71. The number of thioether (sulfide) groups is 1. The lowest BCUT2D eigenvalue weighted by Gasteiger charge is -2.03. The first-order valence-electron chi connectivity index (χ1n) is 6.55. The monoisotopic (exact) mass is 289 g/mol. The average molecular weight is 289 g/mol. The molecule has 1 aromatic carbocycles. The highest BCUT2D eigenvalue weighted by molar-refractivity contribution is 7.99. The van der Waals surface area contributed by atoms with Crippen molar-refractivity contribution < 1.29 is 4.79 Å². The second-order valence-electron chi connectivity index (χ2n) is 4.99. The van der Waals surface area contributed by atoms with Gasteiger partial charge < -0.3 is 0 Å². The van der Waals surface area contributed by atoms with Crippen molar-refractivity contribution in [3.63, 3.8) is 0 Å². The third kappa shape index (κ3) is 2.70. The summed E-state index contributed by atoms with van der Waals surface area (Å²) in [6.07, 6.45) is 2.03. The number of aromatic amines is 1. The molecule has 0 aliphatic heterocycles. The summed E-state index contributed by atoms with van der Waals surface area (Å²) in [5.41, 5.74) is 1.59. The van der Waals surface area contributed by atoms with Gasteiger partial charge in [-0.15, -0.1) is 5.10 Å². The van der Waals surface area contributed by atoms with Crippen LogP contribution in [0.2, 0.25) is 0 Å². The summed E-state index contributed by atoms with van der Waals surface area (Å²) in [6.45, 7) is 1.96. The third-order valence-corrected chi connectivity index (χ3v) is 4.21. The Labute approximate surface area is 120 Å². The number of aromatic nitrogens is 3. The van der Waals surface area contributed by atoms with E-state index in [-0.39, 0.29) is 17.5 Å². The number of nitrogens with one attached hydrogen (secondary N) is 1. The second kappa shape index (κ2) is 5.28. The van der Waals surface area contributed by atoms with E-state index in [4.69, 9.17) is 0 Å². The Morgan fingerprint density at radius 1 is 1.50 bits per heavy atom. The summed E-state index contributed by atoms with van der Waals surface area (Å²) in [4.78, 5) is 23.8. The zero-order valence-corrected chi connectivity index (χ0v) is 11.9. The maximum atomic E-state index is 12.1. The fraction of sp³-hybridized carbons (Fsp3) is 0.357. The van der Waals surface area contributed by atoms with Crippen LogP contribution in [0.25, 0.3) is 0 Å². The molecular weight excluding hydrogens is 274 g/mol. The fourth-order valence-electron chi connectivity index (χ4n) is 2.08. The topological polar surface area (TPSA) is 67.8 Å². The normalized spacial score (nSPS) is 14.4. The molecule has 1 heterocycles. The van der Waals surface area contributed by atoms with Crippen LogP contribution in [-0.2, 0) is 0 Å². The predicted octanol–water partition coefficient (Wildman–Crippen LogP) is 2.19. The van der Waals surface area contributed by atoms with Gasteiger partial charge in [0.25, 0.3) is 0 Å². The van der Waals surface area contributed by atoms with Crippen molar-refractivity contribution in [2.24, 2.45) is 0 Å². The van der Waals surface area contributed by atoms with Gasteiger partial charge in [-0.2, -0.15) is 0 Å². The van der Waals surface area contributed by atoms with Crippen LogP contribution in [-0.4, -0.2) is 26.3 Å². The Bertz CT molecular complexity index is 700.